The van der Waals surface area contributed by atoms with Gasteiger partial charge in [0.25, 0.3) is 0 Å². The van der Waals surface area contributed by atoms with Gasteiger partial charge in [-0.3, -0.25) is 0 Å². The fourth-order valence-electron chi connectivity index (χ4n) is 4.66. The van der Waals surface area contributed by atoms with Crippen molar-refractivity contribution in [2.45, 2.75) is 0 Å². The number of rotatable bonds is 8. The maximum absolute atomic E-state index is 5.44. The smallest absolute Gasteiger partial charge is 0.118 e. The van der Waals surface area contributed by atoms with Gasteiger partial charge in [0.1, 0.15) is 23.0 Å². The van der Waals surface area contributed by atoms with Gasteiger partial charge in [0, 0.05) is 0 Å². The van der Waals surface area contributed by atoms with E-state index in [1.807, 2.05) is 48.5 Å². The van der Waals surface area contributed by atoms with E-state index in [1.165, 1.54) is 0 Å². The molecule has 4 nitrogen and oxygen atoms in total. The van der Waals surface area contributed by atoms with Crippen LogP contribution in [0.4, 0.5) is 0 Å². The minimum absolute atomic E-state index is 0.820. The molecule has 5 aromatic rings. The van der Waals surface area contributed by atoms with Gasteiger partial charge >= 0.3 is 0 Å². The summed E-state index contributed by atoms with van der Waals surface area (Å²) in [5.41, 5.74) is 8.90. The van der Waals surface area contributed by atoms with E-state index in [4.69, 9.17) is 18.9 Å². The maximum atomic E-state index is 5.44. The molecule has 0 atom stereocenters. The number of hydrogen-bond donors (Lipinski definition) is 0. The van der Waals surface area contributed by atoms with Gasteiger partial charge in [0.05, 0.1) is 28.4 Å². The van der Waals surface area contributed by atoms with Crippen LogP contribution >= 0.6 is 0 Å². The molecule has 0 spiro atoms. The average molecular weight is 503 g/mol. The van der Waals surface area contributed by atoms with Gasteiger partial charge in [-0.15, -0.1) is 0 Å². The third-order valence-electron chi connectivity index (χ3n) is 6.74. The quantitative estimate of drug-likeness (QED) is 0.213. The van der Waals surface area contributed by atoms with Crippen LogP contribution in [0.3, 0.4) is 0 Å². The second kappa shape index (κ2) is 11.1. The summed E-state index contributed by atoms with van der Waals surface area (Å²) >= 11 is 0. The molecule has 4 heteroatoms. The van der Waals surface area contributed by atoms with E-state index < -0.39 is 0 Å². The number of benzene rings is 5. The van der Waals surface area contributed by atoms with E-state index in [1.54, 1.807) is 28.4 Å². The van der Waals surface area contributed by atoms with Gasteiger partial charge in [-0.2, -0.15) is 0 Å². The Labute approximate surface area is 224 Å². The van der Waals surface area contributed by atoms with Crippen molar-refractivity contribution in [1.82, 2.24) is 0 Å². The molecule has 38 heavy (non-hydrogen) atoms. The first-order valence-electron chi connectivity index (χ1n) is 12.4. The van der Waals surface area contributed by atoms with Gasteiger partial charge in [-0.05, 0) is 105 Å². The largest absolute Gasteiger partial charge is 0.497 e. The summed E-state index contributed by atoms with van der Waals surface area (Å²) in [6, 6.07) is 37.4. The second-order valence-electron chi connectivity index (χ2n) is 8.86. The molecule has 0 saturated heterocycles. The third-order valence-corrected chi connectivity index (χ3v) is 6.74. The van der Waals surface area contributed by atoms with Crippen LogP contribution in [0.15, 0.2) is 109 Å². The molecule has 0 N–H and O–H groups in total. The summed E-state index contributed by atoms with van der Waals surface area (Å²) < 4.78 is 21.7. The third kappa shape index (κ3) is 5.07. The molecule has 0 aliphatic rings. The molecular formula is C34H30O4. The van der Waals surface area contributed by atoms with Crippen molar-refractivity contribution < 1.29 is 18.9 Å². The summed E-state index contributed by atoms with van der Waals surface area (Å²) in [4.78, 5) is 0. The molecule has 0 aliphatic carbocycles. The average Bonchev–Trinajstić information content (AvgIpc) is 3.00. The van der Waals surface area contributed by atoms with Crippen molar-refractivity contribution in [3.05, 3.63) is 109 Å². The van der Waals surface area contributed by atoms with E-state index in [0.717, 1.165) is 67.5 Å². The van der Waals surface area contributed by atoms with Crippen LogP contribution in [-0.4, -0.2) is 28.4 Å². The van der Waals surface area contributed by atoms with E-state index in [-0.39, 0.29) is 0 Å². The van der Waals surface area contributed by atoms with Crippen LogP contribution in [0.25, 0.3) is 44.5 Å². The second-order valence-corrected chi connectivity index (χ2v) is 8.86. The molecule has 190 valence electrons. The van der Waals surface area contributed by atoms with Crippen molar-refractivity contribution >= 4 is 0 Å². The predicted molar refractivity (Wildman–Crippen MR) is 154 cm³/mol. The lowest BCUT2D eigenvalue weighted by Gasteiger charge is -2.20. The van der Waals surface area contributed by atoms with Crippen molar-refractivity contribution in [1.29, 1.82) is 0 Å². The monoisotopic (exact) mass is 502 g/mol. The molecule has 0 radical (unpaired) electrons. The Morgan fingerprint density at radius 1 is 0.316 bits per heavy atom. The van der Waals surface area contributed by atoms with Gasteiger partial charge in [0.2, 0.25) is 0 Å². The lowest BCUT2D eigenvalue weighted by molar-refractivity contribution is 0.414. The minimum atomic E-state index is 0.820. The molecule has 5 rings (SSSR count). The zero-order valence-electron chi connectivity index (χ0n) is 22.0. The first-order chi connectivity index (χ1) is 18.6. The predicted octanol–water partition coefficient (Wildman–Crippen LogP) is 8.39. The van der Waals surface area contributed by atoms with Crippen LogP contribution in [0.2, 0.25) is 0 Å². The number of methoxy groups -OCH3 is 4. The molecule has 0 fully saturated rings. The highest BCUT2D eigenvalue weighted by atomic mass is 16.5. The fraction of sp³-hybridized carbons (Fsp3) is 0.118. The standard InChI is InChI=1S/C34H30O4/c1-35-28-13-5-23(6-14-28)27-21-32(24-7-15-29(36-2)16-8-24)34(26-11-19-31(38-4)20-12-26)33(22-27)25-9-17-30(37-3)18-10-25/h5-22H,1-4H3. The van der Waals surface area contributed by atoms with Gasteiger partial charge in [-0.1, -0.05) is 48.5 Å². The first kappa shape index (κ1) is 25.0. The maximum Gasteiger partial charge on any atom is 0.118 e. The Hall–Kier alpha value is -4.70. The lowest BCUT2D eigenvalue weighted by Crippen LogP contribution is -1.94. The zero-order chi connectivity index (χ0) is 26.5. The SMILES string of the molecule is COc1ccc(-c2cc(-c3ccc(OC)cc3)c(-c3ccc(OC)cc3)c(-c3ccc(OC)cc3)c2)cc1. The summed E-state index contributed by atoms with van der Waals surface area (Å²) in [7, 11) is 6.74. The van der Waals surface area contributed by atoms with E-state index >= 15 is 0 Å². The molecule has 0 amide bonds. The molecule has 0 aromatic heterocycles. The highest BCUT2D eigenvalue weighted by Gasteiger charge is 2.18. The molecule has 0 saturated carbocycles. The Bertz CT molecular complexity index is 1430. The normalized spacial score (nSPS) is 10.6. The molecular weight excluding hydrogens is 472 g/mol. The van der Waals surface area contributed by atoms with Gasteiger partial charge in [0.15, 0.2) is 0 Å². The number of ether oxygens (including phenoxy) is 4. The Morgan fingerprint density at radius 3 is 0.921 bits per heavy atom. The molecule has 0 bridgehead atoms. The number of hydrogen-bond acceptors (Lipinski definition) is 4. The van der Waals surface area contributed by atoms with Crippen molar-refractivity contribution in [2.75, 3.05) is 28.4 Å². The fourth-order valence-corrected chi connectivity index (χ4v) is 4.66. The lowest BCUT2D eigenvalue weighted by atomic mass is 9.84. The highest BCUT2D eigenvalue weighted by Crippen LogP contribution is 2.44. The zero-order valence-corrected chi connectivity index (χ0v) is 22.0. The van der Waals surface area contributed by atoms with Crippen LogP contribution in [-0.2, 0) is 0 Å². The van der Waals surface area contributed by atoms with Crippen LogP contribution < -0.4 is 18.9 Å². The Kier molecular flexibility index (Phi) is 7.32. The van der Waals surface area contributed by atoms with E-state index in [0.29, 0.717) is 0 Å². The van der Waals surface area contributed by atoms with E-state index in [9.17, 15) is 0 Å². The van der Waals surface area contributed by atoms with Gasteiger partial charge in [-0.25, -0.2) is 0 Å². The van der Waals surface area contributed by atoms with Crippen molar-refractivity contribution in [2.24, 2.45) is 0 Å². The molecule has 0 heterocycles. The molecule has 5 aromatic carbocycles. The molecule has 0 aliphatic heterocycles. The minimum Gasteiger partial charge on any atom is -0.497 e. The Morgan fingerprint density at radius 2 is 0.605 bits per heavy atom. The van der Waals surface area contributed by atoms with Crippen molar-refractivity contribution in [3.63, 3.8) is 0 Å². The summed E-state index contributed by atoms with van der Waals surface area (Å²) in [6.45, 7) is 0. The molecule has 0 unspecified atom stereocenters. The summed E-state index contributed by atoms with van der Waals surface area (Å²) in [6.07, 6.45) is 0. The van der Waals surface area contributed by atoms with E-state index in [2.05, 4.69) is 60.7 Å². The van der Waals surface area contributed by atoms with Crippen molar-refractivity contribution in [3.8, 4) is 67.5 Å². The Balaban J connectivity index is 1.81. The highest BCUT2D eigenvalue weighted by molar-refractivity contribution is 5.97. The van der Waals surface area contributed by atoms with Crippen LogP contribution in [0, 0.1) is 0 Å². The summed E-state index contributed by atoms with van der Waals surface area (Å²) in [5, 5.41) is 0. The summed E-state index contributed by atoms with van der Waals surface area (Å²) in [5.74, 6) is 3.29. The topological polar surface area (TPSA) is 36.9 Å². The van der Waals surface area contributed by atoms with Crippen LogP contribution in [0.1, 0.15) is 0 Å². The van der Waals surface area contributed by atoms with Gasteiger partial charge < -0.3 is 18.9 Å². The first-order valence-corrected chi connectivity index (χ1v) is 12.4. The van der Waals surface area contributed by atoms with Crippen LogP contribution in [0.5, 0.6) is 23.0 Å².